The van der Waals surface area contributed by atoms with Crippen LogP contribution in [0.25, 0.3) is 16.8 Å². The molecule has 0 radical (unpaired) electrons. The quantitative estimate of drug-likeness (QED) is 0.767. The maximum absolute atomic E-state index is 5.80. The first-order valence-corrected chi connectivity index (χ1v) is 9.10. The van der Waals surface area contributed by atoms with Gasteiger partial charge in [-0.15, -0.1) is 0 Å². The third-order valence-electron chi connectivity index (χ3n) is 4.00. The Hall–Kier alpha value is -3.21. The Kier molecular flexibility index (Phi) is 6.15. The van der Waals surface area contributed by atoms with Crippen molar-refractivity contribution in [3.63, 3.8) is 0 Å². The van der Waals surface area contributed by atoms with Crippen LogP contribution in [0.1, 0.15) is 26.2 Å². The molecule has 0 saturated carbocycles. The highest BCUT2D eigenvalue weighted by molar-refractivity contribution is 6.11. The highest BCUT2D eigenvalue weighted by Gasteiger charge is 2.17. The number of oxazole rings is 1. The number of allylic oxidation sites excluding steroid dienone is 8. The van der Waals surface area contributed by atoms with Gasteiger partial charge >= 0.3 is 0 Å². The first-order chi connectivity index (χ1) is 13.3. The summed E-state index contributed by atoms with van der Waals surface area (Å²) in [7, 11) is 1.66. The number of hydrogen-bond acceptors (Lipinski definition) is 5. The van der Waals surface area contributed by atoms with Gasteiger partial charge in [0.05, 0.1) is 19.4 Å². The fourth-order valence-corrected chi connectivity index (χ4v) is 2.78. The van der Waals surface area contributed by atoms with Crippen LogP contribution >= 0.6 is 0 Å². The van der Waals surface area contributed by atoms with Crippen molar-refractivity contribution in [3.8, 4) is 0 Å². The fraction of sp³-hybridized carbons (Fsp3) is 0.227. The Labute approximate surface area is 159 Å². The molecule has 4 rings (SSSR count). The minimum Gasteiger partial charge on any atom is -0.496 e. The SMILES string of the molecule is CC.COC1=C(C2=NCC=CC=C2)C=CCC(c2nc3cccnc3o2)=C1. The molecule has 3 heterocycles. The molecule has 1 aliphatic heterocycles. The number of nitrogens with zero attached hydrogens (tertiary/aromatic N) is 3. The predicted molar refractivity (Wildman–Crippen MR) is 110 cm³/mol. The molecule has 0 saturated heterocycles. The van der Waals surface area contributed by atoms with Crippen LogP contribution in [0.4, 0.5) is 0 Å². The molecule has 0 fully saturated rings. The number of aliphatic imine (C=N–C) groups is 1. The van der Waals surface area contributed by atoms with Gasteiger partial charge in [-0.2, -0.15) is 0 Å². The van der Waals surface area contributed by atoms with Crippen molar-refractivity contribution in [2.75, 3.05) is 13.7 Å². The highest BCUT2D eigenvalue weighted by Crippen LogP contribution is 2.28. The number of rotatable bonds is 3. The van der Waals surface area contributed by atoms with Gasteiger partial charge in [0.15, 0.2) is 0 Å². The molecule has 0 spiro atoms. The van der Waals surface area contributed by atoms with Crippen LogP contribution in [0, 0.1) is 0 Å². The smallest absolute Gasteiger partial charge is 0.247 e. The van der Waals surface area contributed by atoms with Crippen LogP contribution in [-0.4, -0.2) is 29.3 Å². The van der Waals surface area contributed by atoms with Crippen molar-refractivity contribution < 1.29 is 9.15 Å². The van der Waals surface area contributed by atoms with Gasteiger partial charge in [0.1, 0.15) is 11.3 Å². The summed E-state index contributed by atoms with van der Waals surface area (Å²) in [6, 6.07) is 3.73. The van der Waals surface area contributed by atoms with E-state index in [0.717, 1.165) is 28.1 Å². The third-order valence-corrected chi connectivity index (χ3v) is 4.00. The first-order valence-electron chi connectivity index (χ1n) is 9.10. The molecule has 1 aliphatic carbocycles. The van der Waals surface area contributed by atoms with Crippen LogP contribution in [-0.2, 0) is 4.74 Å². The fourth-order valence-electron chi connectivity index (χ4n) is 2.78. The summed E-state index contributed by atoms with van der Waals surface area (Å²) in [5.41, 5.74) is 4.08. The largest absolute Gasteiger partial charge is 0.496 e. The summed E-state index contributed by atoms with van der Waals surface area (Å²) in [5, 5.41) is 0. The molecule has 0 N–H and O–H groups in total. The van der Waals surface area contributed by atoms with Gasteiger partial charge in [-0.1, -0.05) is 44.2 Å². The monoisotopic (exact) mass is 361 g/mol. The second-order valence-electron chi connectivity index (χ2n) is 5.62. The highest BCUT2D eigenvalue weighted by atomic mass is 16.5. The van der Waals surface area contributed by atoms with Crippen molar-refractivity contribution >= 4 is 22.5 Å². The average Bonchev–Trinajstić information content (AvgIpc) is 2.88. The number of pyridine rings is 1. The maximum Gasteiger partial charge on any atom is 0.247 e. The molecule has 2 aromatic heterocycles. The average molecular weight is 361 g/mol. The first kappa shape index (κ1) is 18.6. The topological polar surface area (TPSA) is 60.5 Å². The summed E-state index contributed by atoms with van der Waals surface area (Å²) >= 11 is 0. The number of ether oxygens (including phenoxy) is 1. The van der Waals surface area contributed by atoms with Crippen molar-refractivity contribution in [1.82, 2.24) is 9.97 Å². The third kappa shape index (κ3) is 4.14. The van der Waals surface area contributed by atoms with Gasteiger partial charge in [0.25, 0.3) is 0 Å². The second kappa shape index (κ2) is 8.94. The van der Waals surface area contributed by atoms with Crippen molar-refractivity contribution in [2.24, 2.45) is 4.99 Å². The van der Waals surface area contributed by atoms with E-state index < -0.39 is 0 Å². The zero-order valence-corrected chi connectivity index (χ0v) is 15.8. The number of hydrogen-bond donors (Lipinski definition) is 0. The van der Waals surface area contributed by atoms with Gasteiger partial charge in [0, 0.05) is 17.3 Å². The van der Waals surface area contributed by atoms with Gasteiger partial charge in [0.2, 0.25) is 11.6 Å². The molecule has 0 amide bonds. The molecule has 0 atom stereocenters. The molecule has 138 valence electrons. The minimum atomic E-state index is 0.539. The molecule has 2 aliphatic rings. The van der Waals surface area contributed by atoms with E-state index in [-0.39, 0.29) is 0 Å². The number of methoxy groups -OCH3 is 1. The Morgan fingerprint density at radius 3 is 2.81 bits per heavy atom. The summed E-state index contributed by atoms with van der Waals surface area (Å²) < 4.78 is 11.4. The van der Waals surface area contributed by atoms with E-state index in [0.29, 0.717) is 24.6 Å². The molecule has 2 aromatic rings. The van der Waals surface area contributed by atoms with Crippen molar-refractivity contribution in [3.05, 3.63) is 78.1 Å². The molecule has 5 heteroatoms. The maximum atomic E-state index is 5.80. The van der Waals surface area contributed by atoms with E-state index in [1.165, 1.54) is 0 Å². The summed E-state index contributed by atoms with van der Waals surface area (Å²) in [4.78, 5) is 13.3. The van der Waals surface area contributed by atoms with Gasteiger partial charge in [-0.3, -0.25) is 4.99 Å². The Morgan fingerprint density at radius 1 is 1.11 bits per heavy atom. The molecule has 0 unspecified atom stereocenters. The Morgan fingerprint density at radius 2 is 2.00 bits per heavy atom. The molecule has 0 bridgehead atoms. The second-order valence-corrected chi connectivity index (χ2v) is 5.62. The molecule has 5 nitrogen and oxygen atoms in total. The molecule has 27 heavy (non-hydrogen) atoms. The Balaban J connectivity index is 0.00000102. The lowest BCUT2D eigenvalue weighted by Gasteiger charge is -2.08. The minimum absolute atomic E-state index is 0.539. The van der Waals surface area contributed by atoms with Gasteiger partial charge in [-0.25, -0.2) is 9.97 Å². The lowest BCUT2D eigenvalue weighted by molar-refractivity contribution is 0.305. The van der Waals surface area contributed by atoms with E-state index in [1.807, 2.05) is 62.4 Å². The normalized spacial score (nSPS) is 16.3. The summed E-state index contributed by atoms with van der Waals surface area (Å²) in [5.74, 6) is 1.30. The zero-order valence-electron chi connectivity index (χ0n) is 15.8. The summed E-state index contributed by atoms with van der Waals surface area (Å²) in [6.45, 7) is 4.66. The molecule has 0 aromatic carbocycles. The predicted octanol–water partition coefficient (Wildman–Crippen LogP) is 5.06. The van der Waals surface area contributed by atoms with E-state index in [1.54, 1.807) is 13.3 Å². The molecular weight excluding hydrogens is 338 g/mol. The van der Waals surface area contributed by atoms with Crippen molar-refractivity contribution in [1.29, 1.82) is 0 Å². The standard InChI is InChI=1S/C20H17N3O2.C2H6/c1-24-18-13-14(19-23-17-10-6-12-22-20(17)25-19)7-5-8-15(18)16-9-3-2-4-11-21-16;1-2/h2-6,8-10,12-13H,7,11H2,1H3;1-2H3. The van der Waals surface area contributed by atoms with E-state index >= 15 is 0 Å². The van der Waals surface area contributed by atoms with Gasteiger partial charge in [-0.05, 0) is 30.7 Å². The van der Waals surface area contributed by atoms with E-state index in [4.69, 9.17) is 9.15 Å². The lowest BCUT2D eigenvalue weighted by atomic mass is 10.1. The van der Waals surface area contributed by atoms with E-state index in [2.05, 4.69) is 21.0 Å². The van der Waals surface area contributed by atoms with Crippen LogP contribution in [0.5, 0.6) is 0 Å². The number of fused-ring (bicyclic) bond motifs is 1. The van der Waals surface area contributed by atoms with Crippen LogP contribution in [0.3, 0.4) is 0 Å². The van der Waals surface area contributed by atoms with E-state index in [9.17, 15) is 0 Å². The summed E-state index contributed by atoms with van der Waals surface area (Å²) in [6.07, 6.45) is 16.5. The van der Waals surface area contributed by atoms with Crippen molar-refractivity contribution in [2.45, 2.75) is 20.3 Å². The van der Waals surface area contributed by atoms with Crippen LogP contribution in [0.15, 0.2) is 81.6 Å². The van der Waals surface area contributed by atoms with Crippen LogP contribution in [0.2, 0.25) is 0 Å². The molecular formula is C22H23N3O2. The number of aromatic nitrogens is 2. The zero-order chi connectivity index (χ0) is 19.1. The Bertz CT molecular complexity index is 955. The van der Waals surface area contributed by atoms with Crippen LogP contribution < -0.4 is 0 Å². The lowest BCUT2D eigenvalue weighted by Crippen LogP contribution is -2.02. The van der Waals surface area contributed by atoms with Gasteiger partial charge < -0.3 is 9.15 Å².